The molecule has 17 aliphatic heterocycles. The van der Waals surface area contributed by atoms with Crippen molar-refractivity contribution in [1.29, 1.82) is 0 Å². The van der Waals surface area contributed by atoms with Crippen molar-refractivity contribution in [1.82, 2.24) is 0 Å². The van der Waals surface area contributed by atoms with Crippen molar-refractivity contribution >= 4 is 93.9 Å². The van der Waals surface area contributed by atoms with E-state index in [1.54, 1.807) is 30.7 Å². The number of benzene rings is 4. The van der Waals surface area contributed by atoms with E-state index in [4.69, 9.17) is 67.3 Å². The Labute approximate surface area is 830 Å². The van der Waals surface area contributed by atoms with Crippen LogP contribution in [0.15, 0.2) is 150 Å². The maximum absolute atomic E-state index is 12.5. The maximum Gasteiger partial charge on any atom is 1.00 e. The molecule has 5 aromatic rings. The van der Waals surface area contributed by atoms with Crippen LogP contribution in [0.25, 0.3) is 0 Å². The number of epoxide rings is 2. The van der Waals surface area contributed by atoms with Gasteiger partial charge in [-0.3, -0.25) is 14.4 Å². The fraction of sp³-hybridized carbons (Fsp3) is 0.634. The van der Waals surface area contributed by atoms with Crippen LogP contribution in [0.4, 0.5) is 0 Å². The normalized spacial score (nSPS) is 40.0. The van der Waals surface area contributed by atoms with E-state index in [0.717, 1.165) is 13.2 Å². The topological polar surface area (TPSA) is 397 Å². The number of carboxylic acids is 2. The van der Waals surface area contributed by atoms with Crippen molar-refractivity contribution in [3.05, 3.63) is 179 Å². The summed E-state index contributed by atoms with van der Waals surface area (Å²) in [4.78, 5) is 81.9. The number of Topliss-reactive ketones (excluding diaryl/α,β-unsaturated/α-hetero) is 3. The van der Waals surface area contributed by atoms with Crippen LogP contribution >= 0.6 is 44.3 Å². The molecule has 32 heteroatoms. The Morgan fingerprint density at radius 3 is 1.10 bits per heavy atom. The van der Waals surface area contributed by atoms with E-state index in [2.05, 4.69) is 115 Å². The first-order chi connectivity index (χ1) is 61.9. The van der Waals surface area contributed by atoms with E-state index in [1.165, 1.54) is 41.5 Å². The van der Waals surface area contributed by atoms with Gasteiger partial charge in [0.1, 0.15) is 54.2 Å². The maximum atomic E-state index is 12.5. The van der Waals surface area contributed by atoms with Crippen molar-refractivity contribution in [2.45, 2.75) is 255 Å². The minimum Gasteiger partial charge on any atom is -1.00 e. The molecule has 18 fully saturated rings. The Balaban J connectivity index is 0.000000171. The van der Waals surface area contributed by atoms with Crippen molar-refractivity contribution in [2.24, 2.45) is 112 Å². The van der Waals surface area contributed by atoms with E-state index in [0.29, 0.717) is 134 Å². The molecule has 20 aliphatic rings. The van der Waals surface area contributed by atoms with Crippen LogP contribution in [0.2, 0.25) is 0 Å². The van der Waals surface area contributed by atoms with Crippen LogP contribution in [0.5, 0.6) is 0 Å². The van der Waals surface area contributed by atoms with Crippen LogP contribution in [0, 0.1) is 107 Å². The molecule has 27 nitrogen and oxygen atoms in total. The summed E-state index contributed by atoms with van der Waals surface area (Å²) in [6, 6.07) is 36.5. The summed E-state index contributed by atoms with van der Waals surface area (Å²) >= 11 is 6.32. The molecule has 133 heavy (non-hydrogen) atoms. The standard InChI is InChI=1S/2C17H18O6.C11H18O3.C11H16O3.C11H16O2.C9H14O3.2C8H11N.C5H8Br2O.C4H4O.B.ClH.Na.H/c2*1-7-11-8(2)13-15(14(21-11)12(7)22-13)23-17(20)10-6-4-3-5-9(10)16(18)19;2*1-5-7-3-13-4-8(6(2)9(5)12)11-10(7)14-11;1-7-9-3-4-10(6-13-5-9)8(2)11(7)12;1-3-6-4(2)8-9(11-6)5(10)7(3)12-8;2*1-7(9)8-5-3-2-4-6-8;1-3(6)5(8)4(2)7;1-2-4-5-3-1;;;;/h2*3-8,11-15H,1-2H3,(H,18,19);5-12H,3-4H2,1-2H3;5-8,10-11H,3-4H2,1-2H3;3-4,7-10H,5-6H2,1-2H3;3-10H,1-2H3;2*2-7H,9H2,1H3;3-4H,1-2H3;1-4H;;1H;;/q;;;;;;;;;;;;+1;-1/t7-,8+,11+,12+,13?,14-,15-;7-,8+,11+,12+,13-,14-,15-;5-,6+,7-,8+,9?,10-,11?;5-,6+,7-,8+,10-,11?;7-,8+,9-,10+;3-,4+,5+,6+,7+,8-,9?;2*7-;;;;;;/m0111.100....../s1. The number of carboxylic acid groups (broad SMARTS) is 2. The Morgan fingerprint density at radius 1 is 0.414 bits per heavy atom. The molecule has 18 heterocycles. The number of rotatable bonds is 10. The molecule has 0 spiro atoms. The van der Waals surface area contributed by atoms with E-state index in [-0.39, 0.29) is 222 Å². The first kappa shape index (κ1) is 110. The molecular weight excluding hydrogens is 1870 g/mol. The van der Waals surface area contributed by atoms with Gasteiger partial charge in [-0.2, -0.15) is 0 Å². The number of esters is 2. The second-order valence-electron chi connectivity index (χ2n) is 38.7. The van der Waals surface area contributed by atoms with Gasteiger partial charge in [-0.25, -0.2) is 14.4 Å². The fourth-order valence-corrected chi connectivity index (χ4v) is 23.1. The van der Waals surface area contributed by atoms with Gasteiger partial charge < -0.3 is 104 Å². The summed E-state index contributed by atoms with van der Waals surface area (Å²) in [5.41, 5.74) is 11.8. The molecule has 2 saturated carbocycles. The summed E-state index contributed by atoms with van der Waals surface area (Å²) in [5, 5.41) is 40.3. The number of quaternary nitrogens is 1. The molecule has 3 radical (unpaired) electrons. The number of furan rings is 1. The number of fused-ring (bicyclic) bond motifs is 2. The Hall–Kier alpha value is -5.50. The molecule has 25 rings (SSSR count). The van der Waals surface area contributed by atoms with Gasteiger partial charge in [-0.05, 0) is 75.4 Å². The van der Waals surface area contributed by atoms with Crippen molar-refractivity contribution in [3.8, 4) is 0 Å². The van der Waals surface area contributed by atoms with Crippen LogP contribution in [-0.4, -0.2) is 236 Å². The SMILES string of the molecule is CC(Br)C(=O)C(C)Br.C[C@@H]1C(=O)[C@H](C)[C@@H]2C=C[C@H]1COC2.C[C@@H]1C(=O)[C@H](C)[C@H]2COC[C@@H]1C1O[C@@H]12.C[C@@H]1C(O)[C@H](C)[C@H]2COC[C@@H]1C1O[C@@H]12.C[C@@H]1[C@@H]2OC3[C@@H](O)[C@H]1O[C@@H]3[C@H]2C.C[C@@H]1[C@@H]2O[C@H]3[C@H](OC(=O)c4ccccc4C(=O)[O-])[C@H](O[C@@H]13)[C@H]2C.C[C@@H]1[C@H]2OC3[C@H](C)[C@@H]1O[C@@H]2[C@H]3OC(=O)c1ccccc1C(=O)O.C[C@H](N)c1ccccc1.C[C@H]([NH3+])c1ccccc1.Cl.[B].[H-].[Na+].c1ccoc1. The summed E-state index contributed by atoms with van der Waals surface area (Å²) < 4.78 is 79.4. The predicted molar refractivity (Wildman–Crippen MR) is 498 cm³/mol. The average molecular weight is 2010 g/mol. The third-order valence-electron chi connectivity index (χ3n) is 30.2. The molecule has 7 unspecified atom stereocenters. The molecule has 3 aliphatic carbocycles. The molecule has 8 N–H and O–H groups in total. The van der Waals surface area contributed by atoms with E-state index in [9.17, 15) is 54.0 Å². The summed E-state index contributed by atoms with van der Waals surface area (Å²) in [7, 11) is 0. The van der Waals surface area contributed by atoms with Crippen molar-refractivity contribution < 1.29 is 157 Å². The molecule has 1 aromatic heterocycles. The number of halogens is 3. The predicted octanol–water partition coefficient (Wildman–Crippen LogP) is 8.74. The first-order valence-corrected chi connectivity index (χ1v) is 48.4. The fourth-order valence-electron chi connectivity index (χ4n) is 21.9. The van der Waals surface area contributed by atoms with Gasteiger partial charge in [0.15, 0.2) is 18.0 Å². The van der Waals surface area contributed by atoms with Gasteiger partial charge in [0, 0.05) is 120 Å². The van der Waals surface area contributed by atoms with Crippen LogP contribution in [0.3, 0.4) is 0 Å². The van der Waals surface area contributed by atoms with E-state index < -0.39 is 36.1 Å². The third kappa shape index (κ3) is 24.2. The number of alkyl halides is 2. The number of ether oxygens (including phenoxy) is 13. The molecule has 4 aromatic carbocycles. The molecular formula is C101H136BBr2ClN2NaO25. The number of nitrogens with two attached hydrogens (primary N) is 1. The zero-order chi connectivity index (χ0) is 93.9. The summed E-state index contributed by atoms with van der Waals surface area (Å²) in [5.74, 6) is 1.93. The summed E-state index contributed by atoms with van der Waals surface area (Å²) in [6.45, 7) is 36.9. The van der Waals surface area contributed by atoms with Gasteiger partial charge in [0.25, 0.3) is 0 Å². The number of hydrogen-bond donors (Lipinski definition) is 5. The van der Waals surface area contributed by atoms with E-state index >= 15 is 0 Å². The molecule has 18 bridgehead atoms. The first-order valence-electron chi connectivity index (χ1n) is 46.5. The minimum absolute atomic E-state index is 0. The van der Waals surface area contributed by atoms with Gasteiger partial charge in [0.2, 0.25) is 0 Å². The number of carbonyl (C=O) groups is 7. The number of ketones is 3. The Kier molecular flexibility index (Phi) is 39.6. The van der Waals surface area contributed by atoms with Gasteiger partial charge in [-0.15, -0.1) is 12.4 Å². The minimum atomic E-state index is -1.40. The molecule has 42 atom stereocenters. The quantitative estimate of drug-likeness (QED) is 0.0287. The molecule has 725 valence electrons. The number of aliphatic hydroxyl groups excluding tert-OH is 2. The molecule has 16 saturated heterocycles. The second-order valence-corrected chi connectivity index (χ2v) is 41.4. The number of aliphatic hydroxyl groups is 2. The average Bonchev–Trinajstić information content (AvgIpc) is 1.56. The Bertz CT molecular complexity index is 4380. The van der Waals surface area contributed by atoms with Crippen LogP contribution < -0.4 is 46.1 Å². The Morgan fingerprint density at radius 2 is 0.737 bits per heavy atom. The third-order valence-corrected chi connectivity index (χ3v) is 31.2. The van der Waals surface area contributed by atoms with Crippen molar-refractivity contribution in [3.63, 3.8) is 0 Å². The number of carbonyl (C=O) groups excluding carboxylic acids is 6. The van der Waals surface area contributed by atoms with Gasteiger partial charge >= 0.3 is 47.5 Å². The number of aromatic carboxylic acids is 2. The van der Waals surface area contributed by atoms with E-state index in [1.807, 2.05) is 123 Å². The second kappa shape index (κ2) is 48.1. The van der Waals surface area contributed by atoms with Crippen LogP contribution in [0.1, 0.15) is 177 Å². The summed E-state index contributed by atoms with van der Waals surface area (Å²) in [6.07, 6.45) is 7.17. The van der Waals surface area contributed by atoms with Gasteiger partial charge in [-0.1, -0.05) is 218 Å². The van der Waals surface area contributed by atoms with Gasteiger partial charge in [0.05, 0.1) is 158 Å². The zero-order valence-electron chi connectivity index (χ0n) is 80.2. The number of hydrogen-bond acceptors (Lipinski definition) is 25. The molecule has 0 amide bonds. The van der Waals surface area contributed by atoms with Crippen LogP contribution in [-0.2, 0) is 76.0 Å². The zero-order valence-corrected chi connectivity index (χ0v) is 85.2. The monoisotopic (exact) mass is 2000 g/mol. The largest absolute Gasteiger partial charge is 1.00 e. The smallest absolute Gasteiger partial charge is 1.00 e. The van der Waals surface area contributed by atoms with Crippen molar-refractivity contribution in [2.75, 3.05) is 39.6 Å².